The fraction of sp³-hybridized carbons (Fsp3) is 0.154. The maximum atomic E-state index is 12.5. The number of hydrogen-bond donors (Lipinski definition) is 1. The molecule has 0 saturated carbocycles. The third-order valence-electron chi connectivity index (χ3n) is 2.28. The van der Waals surface area contributed by atoms with Crippen molar-refractivity contribution in [2.45, 2.75) is 6.18 Å². The molecule has 22 heavy (non-hydrogen) atoms. The first-order chi connectivity index (χ1) is 10.4. The van der Waals surface area contributed by atoms with Crippen LogP contribution in [0.5, 0.6) is 5.75 Å². The molecular weight excluding hydrogens is 320 g/mol. The summed E-state index contributed by atoms with van der Waals surface area (Å²) in [6.07, 6.45) is -3.25. The second kappa shape index (κ2) is 6.81. The molecule has 0 bridgehead atoms. The highest BCUT2D eigenvalue weighted by Gasteiger charge is 2.36. The number of nitrogens with zero attached hydrogens (tertiary/aromatic N) is 1. The van der Waals surface area contributed by atoms with Gasteiger partial charge in [-0.25, -0.2) is 9.55 Å². The molecule has 0 aliphatic heterocycles. The zero-order valence-corrected chi connectivity index (χ0v) is 12.1. The Kier molecular flexibility index (Phi) is 5.05. The Balaban J connectivity index is 2.17. The van der Waals surface area contributed by atoms with E-state index in [0.717, 1.165) is 0 Å². The molecule has 9 heteroatoms. The number of benzene rings is 1. The van der Waals surface area contributed by atoms with Crippen molar-refractivity contribution in [3.8, 4) is 5.75 Å². The summed E-state index contributed by atoms with van der Waals surface area (Å²) in [5.74, 6) is 0.181. The second-order valence-electron chi connectivity index (χ2n) is 4.12. The van der Waals surface area contributed by atoms with E-state index >= 15 is 0 Å². The minimum atomic E-state index is -4.64. The first kappa shape index (κ1) is 16.3. The average Bonchev–Trinajstić information content (AvgIpc) is 2.47. The first-order valence-electron chi connectivity index (χ1n) is 6.12. The molecular formula is C13H12F3N2O3P. The van der Waals surface area contributed by atoms with Gasteiger partial charge in [0.2, 0.25) is 0 Å². The van der Waals surface area contributed by atoms with Crippen molar-refractivity contribution in [1.29, 1.82) is 0 Å². The van der Waals surface area contributed by atoms with Crippen LogP contribution in [-0.2, 0) is 9.09 Å². The molecule has 5 nitrogen and oxygen atoms in total. The number of pyridine rings is 1. The van der Waals surface area contributed by atoms with Crippen LogP contribution in [0, 0.1) is 0 Å². The molecule has 118 valence electrons. The molecule has 1 unspecified atom stereocenters. The number of halogens is 3. The van der Waals surface area contributed by atoms with E-state index < -0.39 is 20.5 Å². The molecule has 1 aromatic carbocycles. The van der Waals surface area contributed by atoms with Gasteiger partial charge in [-0.1, -0.05) is 24.3 Å². The highest BCUT2D eigenvalue weighted by Crippen LogP contribution is 2.48. The Morgan fingerprint density at radius 3 is 2.36 bits per heavy atom. The highest BCUT2D eigenvalue weighted by molar-refractivity contribution is 7.55. The van der Waals surface area contributed by atoms with Crippen molar-refractivity contribution < 1.29 is 26.8 Å². The van der Waals surface area contributed by atoms with E-state index in [2.05, 4.69) is 14.6 Å². The van der Waals surface area contributed by atoms with Gasteiger partial charge in [0.1, 0.15) is 11.6 Å². The van der Waals surface area contributed by atoms with Gasteiger partial charge in [-0.2, -0.15) is 13.2 Å². The minimum Gasteiger partial charge on any atom is -0.409 e. The van der Waals surface area contributed by atoms with Crippen LogP contribution >= 0.6 is 7.75 Å². The van der Waals surface area contributed by atoms with Crippen molar-refractivity contribution in [2.75, 3.05) is 11.7 Å². The lowest BCUT2D eigenvalue weighted by atomic mass is 10.3. The molecule has 0 fully saturated rings. The number of aromatic nitrogens is 1. The van der Waals surface area contributed by atoms with Gasteiger partial charge in [-0.05, 0) is 24.3 Å². The fourth-order valence-corrected chi connectivity index (χ4v) is 2.72. The van der Waals surface area contributed by atoms with Crippen LogP contribution in [0.1, 0.15) is 0 Å². The standard InChI is InChI=1S/C13H12F3N2O3P/c14-13(15,16)10-20-22(19,18-12-8-4-5-9-17-12)21-11-6-2-1-3-7-11/h1-9H,10H2,(H,17,18,19). The summed E-state index contributed by atoms with van der Waals surface area (Å²) in [6, 6.07) is 12.4. The number of nitrogens with one attached hydrogen (secondary N) is 1. The van der Waals surface area contributed by atoms with Gasteiger partial charge in [-0.15, -0.1) is 0 Å². The molecule has 0 saturated heterocycles. The minimum absolute atomic E-state index is 0.0731. The second-order valence-corrected chi connectivity index (χ2v) is 5.78. The van der Waals surface area contributed by atoms with Crippen LogP contribution in [0.15, 0.2) is 54.7 Å². The fourth-order valence-electron chi connectivity index (χ4n) is 1.43. The molecule has 0 amide bonds. The third-order valence-corrected chi connectivity index (χ3v) is 3.71. The molecule has 2 aromatic rings. The molecule has 0 aliphatic rings. The van der Waals surface area contributed by atoms with Gasteiger partial charge < -0.3 is 4.52 Å². The summed E-state index contributed by atoms with van der Waals surface area (Å²) in [6.45, 7) is -1.71. The number of alkyl halides is 3. The Morgan fingerprint density at radius 2 is 1.77 bits per heavy atom. The number of hydrogen-bond acceptors (Lipinski definition) is 4. The van der Waals surface area contributed by atoms with Crippen LogP contribution in [0.3, 0.4) is 0 Å². The van der Waals surface area contributed by atoms with E-state index in [0.29, 0.717) is 0 Å². The van der Waals surface area contributed by atoms with E-state index in [-0.39, 0.29) is 11.6 Å². The summed E-state index contributed by atoms with van der Waals surface area (Å²) in [5, 5.41) is 2.28. The molecule has 2 rings (SSSR count). The lowest BCUT2D eigenvalue weighted by Crippen LogP contribution is -2.19. The van der Waals surface area contributed by atoms with Crippen molar-refractivity contribution >= 4 is 13.6 Å². The Hall–Kier alpha value is -2.05. The molecule has 1 N–H and O–H groups in total. The van der Waals surface area contributed by atoms with Gasteiger partial charge in [0.05, 0.1) is 0 Å². The Morgan fingerprint density at radius 1 is 1.09 bits per heavy atom. The predicted octanol–water partition coefficient (Wildman–Crippen LogP) is 4.26. The van der Waals surface area contributed by atoms with Gasteiger partial charge in [0, 0.05) is 6.20 Å². The lowest BCUT2D eigenvalue weighted by Gasteiger charge is -2.20. The van der Waals surface area contributed by atoms with E-state index in [1.54, 1.807) is 30.3 Å². The molecule has 1 atom stereocenters. The van der Waals surface area contributed by atoms with E-state index in [9.17, 15) is 17.7 Å². The zero-order chi connectivity index (χ0) is 16.1. The summed E-state index contributed by atoms with van der Waals surface area (Å²) >= 11 is 0. The van der Waals surface area contributed by atoms with Gasteiger partial charge >= 0.3 is 13.9 Å². The molecule has 0 spiro atoms. The molecule has 0 radical (unpaired) electrons. The number of para-hydroxylation sites is 1. The van der Waals surface area contributed by atoms with Crippen molar-refractivity contribution in [2.24, 2.45) is 0 Å². The monoisotopic (exact) mass is 332 g/mol. The van der Waals surface area contributed by atoms with Gasteiger partial charge in [-0.3, -0.25) is 9.61 Å². The summed E-state index contributed by atoms with van der Waals surface area (Å²) < 4.78 is 59.0. The summed E-state index contributed by atoms with van der Waals surface area (Å²) in [5.41, 5.74) is 0. The topological polar surface area (TPSA) is 60.5 Å². The number of anilines is 1. The van der Waals surface area contributed by atoms with Gasteiger partial charge in [0.25, 0.3) is 0 Å². The van der Waals surface area contributed by atoms with Crippen molar-refractivity contribution in [3.63, 3.8) is 0 Å². The zero-order valence-electron chi connectivity index (χ0n) is 11.2. The predicted molar refractivity (Wildman–Crippen MR) is 74.5 cm³/mol. The summed E-state index contributed by atoms with van der Waals surface area (Å²) in [7, 11) is -4.29. The molecule has 1 heterocycles. The highest BCUT2D eigenvalue weighted by atomic mass is 31.2. The van der Waals surface area contributed by atoms with Crippen LogP contribution in [0.25, 0.3) is 0 Å². The maximum absolute atomic E-state index is 12.5. The largest absolute Gasteiger partial charge is 0.487 e. The Bertz CT molecular complexity index is 592. The van der Waals surface area contributed by atoms with Crippen molar-refractivity contribution in [1.82, 2.24) is 4.98 Å². The SMILES string of the molecule is O=P(Nc1ccccn1)(OCC(F)(F)F)Oc1ccccc1. The van der Waals surface area contributed by atoms with Gasteiger partial charge in [0.15, 0.2) is 6.61 Å². The summed E-state index contributed by atoms with van der Waals surface area (Å²) in [4.78, 5) is 3.83. The molecule has 1 aromatic heterocycles. The van der Waals surface area contributed by atoms with Crippen LogP contribution in [0.2, 0.25) is 0 Å². The first-order valence-corrected chi connectivity index (χ1v) is 7.66. The quantitative estimate of drug-likeness (QED) is 0.801. The number of rotatable bonds is 6. The van der Waals surface area contributed by atoms with E-state index in [1.807, 2.05) is 0 Å². The van der Waals surface area contributed by atoms with Crippen molar-refractivity contribution in [3.05, 3.63) is 54.7 Å². The lowest BCUT2D eigenvalue weighted by molar-refractivity contribution is -0.154. The van der Waals surface area contributed by atoms with E-state index in [1.165, 1.54) is 24.4 Å². The molecule has 0 aliphatic carbocycles. The maximum Gasteiger partial charge on any atom is 0.487 e. The third kappa shape index (κ3) is 5.38. The Labute approximate surface area is 124 Å². The van der Waals surface area contributed by atoms with Crippen LogP contribution in [0.4, 0.5) is 19.0 Å². The average molecular weight is 332 g/mol. The normalized spacial score (nSPS) is 14.1. The van der Waals surface area contributed by atoms with Crippen LogP contribution in [-0.4, -0.2) is 17.8 Å². The smallest absolute Gasteiger partial charge is 0.409 e. The van der Waals surface area contributed by atoms with E-state index in [4.69, 9.17) is 4.52 Å². The van der Waals surface area contributed by atoms with Crippen LogP contribution < -0.4 is 9.61 Å².